The molecule has 3 aromatic rings. The number of nitrogens with two attached hydrogens (primary N) is 1. The van der Waals surface area contributed by atoms with Crippen LogP contribution >= 0.6 is 39.0 Å². The van der Waals surface area contributed by atoms with Crippen LogP contribution in [0.25, 0.3) is 0 Å². The predicted molar refractivity (Wildman–Crippen MR) is 162 cm³/mol. The first-order valence-electron chi connectivity index (χ1n) is 12.8. The van der Waals surface area contributed by atoms with E-state index in [-0.39, 0.29) is 23.3 Å². The molecule has 1 atom stereocenters. The zero-order valence-corrected chi connectivity index (χ0v) is 25.2. The van der Waals surface area contributed by atoms with Crippen molar-refractivity contribution in [3.63, 3.8) is 0 Å². The molecule has 1 aliphatic heterocycles. The van der Waals surface area contributed by atoms with Crippen LogP contribution in [-0.4, -0.2) is 27.6 Å². The summed E-state index contributed by atoms with van der Waals surface area (Å²) in [5, 5.41) is 22.2. The quantitative estimate of drug-likeness (QED) is 0.284. The normalized spacial score (nSPS) is 17.2. The molecule has 3 N–H and O–H groups in total. The highest BCUT2D eigenvalue weighted by Gasteiger charge is 2.41. The van der Waals surface area contributed by atoms with Gasteiger partial charge < -0.3 is 11.1 Å². The number of halogens is 1. The molecule has 1 aromatic heterocycles. The van der Waals surface area contributed by atoms with Crippen LogP contribution < -0.4 is 16.0 Å². The van der Waals surface area contributed by atoms with E-state index in [0.717, 1.165) is 15.7 Å². The number of carbonyl (C=O) groups is 2. The van der Waals surface area contributed by atoms with Crippen molar-refractivity contribution in [3.8, 4) is 6.07 Å². The Morgan fingerprint density at radius 3 is 2.73 bits per heavy atom. The molecule has 0 spiro atoms. The van der Waals surface area contributed by atoms with Crippen molar-refractivity contribution in [2.45, 2.75) is 49.3 Å². The van der Waals surface area contributed by atoms with Gasteiger partial charge in [0.2, 0.25) is 11.0 Å². The van der Waals surface area contributed by atoms with Gasteiger partial charge in [0.25, 0.3) is 0 Å². The van der Waals surface area contributed by atoms with Gasteiger partial charge in [0.1, 0.15) is 5.82 Å². The number of thioether (sulfide) groups is 1. The van der Waals surface area contributed by atoms with Crippen molar-refractivity contribution in [1.29, 1.82) is 5.26 Å². The number of allylic oxidation sites excluding steroid dienone is 3. The second-order valence-electron chi connectivity index (χ2n) is 9.84. The van der Waals surface area contributed by atoms with Crippen molar-refractivity contribution in [1.82, 2.24) is 10.2 Å². The number of aromatic nitrogens is 2. The molecule has 0 bridgehead atoms. The molecular weight excluding hydrogens is 608 g/mol. The summed E-state index contributed by atoms with van der Waals surface area (Å²) in [4.78, 5) is 27.5. The predicted octanol–water partition coefficient (Wildman–Crippen LogP) is 6.46. The van der Waals surface area contributed by atoms with E-state index in [1.54, 1.807) is 4.90 Å². The maximum absolute atomic E-state index is 13.3. The maximum atomic E-state index is 13.3. The number of anilines is 2. The molecule has 5 rings (SSSR count). The van der Waals surface area contributed by atoms with Crippen LogP contribution in [0.15, 0.2) is 80.0 Å². The van der Waals surface area contributed by atoms with Crippen molar-refractivity contribution in [2.24, 2.45) is 5.73 Å². The SMILES string of the molecule is CC(C)c1ccc(C2C(C#N)=C(N)N(c3nnc(SCC(=O)Nc4cccc(Br)c4)s3)C3=C2C(=O)CCC3)cc1. The van der Waals surface area contributed by atoms with Crippen LogP contribution in [0.4, 0.5) is 10.8 Å². The lowest BCUT2D eigenvalue weighted by molar-refractivity contribution is -0.116. The summed E-state index contributed by atoms with van der Waals surface area (Å²) in [5.74, 6) is 0.111. The summed E-state index contributed by atoms with van der Waals surface area (Å²) in [6, 6.07) is 17.7. The van der Waals surface area contributed by atoms with Crippen molar-refractivity contribution in [3.05, 3.63) is 86.8 Å². The number of hydrogen-bond donors (Lipinski definition) is 2. The molecule has 0 fully saturated rings. The van der Waals surface area contributed by atoms with E-state index in [4.69, 9.17) is 5.73 Å². The zero-order valence-electron chi connectivity index (χ0n) is 22.0. The van der Waals surface area contributed by atoms with E-state index >= 15 is 0 Å². The molecule has 11 heteroatoms. The zero-order chi connectivity index (χ0) is 28.4. The van der Waals surface area contributed by atoms with E-state index in [2.05, 4.69) is 51.4 Å². The molecule has 0 saturated heterocycles. The Labute approximate surface area is 249 Å². The number of amides is 1. The van der Waals surface area contributed by atoms with Crippen LogP contribution in [0.2, 0.25) is 0 Å². The minimum atomic E-state index is -0.520. The number of carbonyl (C=O) groups excluding carboxylic acids is 2. The van der Waals surface area contributed by atoms with Crippen LogP contribution in [0.3, 0.4) is 0 Å². The fourth-order valence-electron chi connectivity index (χ4n) is 4.95. The number of nitriles is 1. The lowest BCUT2D eigenvalue weighted by Crippen LogP contribution is -2.38. The van der Waals surface area contributed by atoms with Gasteiger partial charge in [-0.05, 0) is 48.1 Å². The van der Waals surface area contributed by atoms with Crippen LogP contribution in [0.1, 0.15) is 56.1 Å². The Bertz CT molecular complexity index is 1570. The first-order valence-corrected chi connectivity index (χ1v) is 15.4. The van der Waals surface area contributed by atoms with Gasteiger partial charge in [0, 0.05) is 27.9 Å². The Balaban J connectivity index is 1.42. The third kappa shape index (κ3) is 5.70. The summed E-state index contributed by atoms with van der Waals surface area (Å²) < 4.78 is 1.46. The first-order chi connectivity index (χ1) is 19.3. The topological polar surface area (TPSA) is 125 Å². The molecule has 1 aliphatic carbocycles. The molecular formula is C29H27BrN6O2S2. The smallest absolute Gasteiger partial charge is 0.234 e. The lowest BCUT2D eigenvalue weighted by Gasteiger charge is -2.38. The van der Waals surface area contributed by atoms with Gasteiger partial charge in [-0.1, -0.05) is 83.2 Å². The second-order valence-corrected chi connectivity index (χ2v) is 12.9. The van der Waals surface area contributed by atoms with Gasteiger partial charge in [-0.25, -0.2) is 0 Å². The van der Waals surface area contributed by atoms with Gasteiger partial charge in [-0.3, -0.25) is 14.5 Å². The molecule has 2 heterocycles. The van der Waals surface area contributed by atoms with Crippen LogP contribution in [-0.2, 0) is 9.59 Å². The Hall–Kier alpha value is -3.46. The molecule has 2 aliphatic rings. The molecule has 204 valence electrons. The third-order valence-electron chi connectivity index (χ3n) is 6.87. The van der Waals surface area contributed by atoms with Crippen molar-refractivity contribution < 1.29 is 9.59 Å². The average molecular weight is 636 g/mol. The Morgan fingerprint density at radius 1 is 1.25 bits per heavy atom. The summed E-state index contributed by atoms with van der Waals surface area (Å²) >= 11 is 5.94. The molecule has 40 heavy (non-hydrogen) atoms. The third-order valence-corrected chi connectivity index (χ3v) is 9.41. The van der Waals surface area contributed by atoms with E-state index in [1.165, 1.54) is 28.7 Å². The number of Topliss-reactive ketones (excluding diaryl/α,β-unsaturated/α-hetero) is 1. The number of nitrogens with one attached hydrogen (secondary N) is 1. The van der Waals surface area contributed by atoms with E-state index in [1.807, 2.05) is 48.5 Å². The maximum Gasteiger partial charge on any atom is 0.234 e. The van der Waals surface area contributed by atoms with Crippen LogP contribution in [0.5, 0.6) is 0 Å². The largest absolute Gasteiger partial charge is 0.384 e. The van der Waals surface area contributed by atoms with Gasteiger partial charge in [0.05, 0.1) is 23.3 Å². The molecule has 8 nitrogen and oxygen atoms in total. The van der Waals surface area contributed by atoms with Crippen LogP contribution in [0, 0.1) is 11.3 Å². The van der Waals surface area contributed by atoms with E-state index in [0.29, 0.717) is 51.5 Å². The summed E-state index contributed by atoms with van der Waals surface area (Å²) in [6.07, 6.45) is 1.76. The fraction of sp³-hybridized carbons (Fsp3) is 0.276. The summed E-state index contributed by atoms with van der Waals surface area (Å²) in [6.45, 7) is 4.25. The minimum Gasteiger partial charge on any atom is -0.384 e. The molecule has 1 unspecified atom stereocenters. The molecule has 2 aromatic carbocycles. The number of benzene rings is 2. The minimum absolute atomic E-state index is 0.0211. The van der Waals surface area contributed by atoms with Gasteiger partial charge in [-0.2, -0.15) is 5.26 Å². The van der Waals surface area contributed by atoms with E-state index in [9.17, 15) is 14.9 Å². The highest BCUT2D eigenvalue weighted by molar-refractivity contribution is 9.10. The first kappa shape index (κ1) is 28.1. The lowest BCUT2D eigenvalue weighted by atomic mass is 9.75. The van der Waals surface area contributed by atoms with E-state index < -0.39 is 5.92 Å². The molecule has 0 saturated carbocycles. The standard InChI is InChI=1S/C29H27BrN6O2S2/c1-16(2)17-9-11-18(12-10-17)25-21(14-31)27(32)36(22-7-4-8-23(37)26(22)25)28-34-35-29(40-28)39-15-24(38)33-20-6-3-5-19(30)13-20/h3,5-6,9-13,16,25H,4,7-8,15,32H2,1-2H3,(H,33,38). The van der Waals surface area contributed by atoms with Gasteiger partial charge in [0.15, 0.2) is 10.1 Å². The molecule has 0 radical (unpaired) electrons. The Morgan fingerprint density at radius 2 is 2.02 bits per heavy atom. The van der Waals surface area contributed by atoms with Crippen molar-refractivity contribution in [2.75, 3.05) is 16.0 Å². The number of nitrogens with zero attached hydrogens (tertiary/aromatic N) is 4. The summed E-state index contributed by atoms with van der Waals surface area (Å²) in [7, 11) is 0. The monoisotopic (exact) mass is 634 g/mol. The van der Waals surface area contributed by atoms with Gasteiger partial charge in [-0.15, -0.1) is 10.2 Å². The second kappa shape index (κ2) is 12.0. The van der Waals surface area contributed by atoms with Crippen molar-refractivity contribution >= 4 is 61.5 Å². The fourth-order valence-corrected chi connectivity index (χ4v) is 7.03. The number of rotatable bonds is 7. The van der Waals surface area contributed by atoms with Gasteiger partial charge >= 0.3 is 0 Å². The number of ketones is 1. The average Bonchev–Trinajstić information content (AvgIpc) is 3.40. The highest BCUT2D eigenvalue weighted by Crippen LogP contribution is 2.47. The number of hydrogen-bond acceptors (Lipinski definition) is 9. The molecule has 1 amide bonds. The Kier molecular flexibility index (Phi) is 8.40. The summed E-state index contributed by atoms with van der Waals surface area (Å²) in [5.41, 5.74) is 11.1. The highest BCUT2D eigenvalue weighted by atomic mass is 79.9.